The van der Waals surface area contributed by atoms with E-state index in [4.69, 9.17) is 69.6 Å². The van der Waals surface area contributed by atoms with Crippen LogP contribution in [0.5, 0.6) is 0 Å². The number of hydrogen-bond acceptors (Lipinski definition) is 3. The summed E-state index contributed by atoms with van der Waals surface area (Å²) in [6.07, 6.45) is 1.42. The van der Waals surface area contributed by atoms with E-state index in [0.29, 0.717) is 0 Å². The molecule has 144 valence electrons. The van der Waals surface area contributed by atoms with Crippen molar-refractivity contribution in [3.63, 3.8) is 0 Å². The Morgan fingerprint density at radius 1 is 1.12 bits per heavy atom. The van der Waals surface area contributed by atoms with Crippen LogP contribution >= 0.6 is 69.6 Å². The molecule has 0 saturated carbocycles. The molecule has 1 aliphatic heterocycles. The number of halogens is 6. The van der Waals surface area contributed by atoms with Gasteiger partial charge in [0.05, 0.1) is 6.61 Å². The highest BCUT2D eigenvalue weighted by Gasteiger charge is 2.44. The molecule has 5 nitrogen and oxygen atoms in total. The van der Waals surface area contributed by atoms with Crippen LogP contribution in [0.3, 0.4) is 0 Å². The van der Waals surface area contributed by atoms with Crippen LogP contribution in [0, 0.1) is 11.8 Å². The normalized spacial score (nSPS) is 24.1. The van der Waals surface area contributed by atoms with Gasteiger partial charge in [0.1, 0.15) is 11.7 Å². The molecule has 1 aliphatic rings. The van der Waals surface area contributed by atoms with Crippen LogP contribution in [0.4, 0.5) is 0 Å². The molecule has 0 radical (unpaired) electrons. The molecule has 1 fully saturated rings. The molecule has 25 heavy (non-hydrogen) atoms. The predicted molar refractivity (Wildman–Crippen MR) is 102 cm³/mol. The van der Waals surface area contributed by atoms with Crippen molar-refractivity contribution >= 4 is 81.4 Å². The lowest BCUT2D eigenvalue weighted by molar-refractivity contribution is -0.149. The molecule has 1 heterocycles. The number of carbonyl (C=O) groups excluding carboxylic acids is 2. The molecule has 0 aliphatic carbocycles. The number of amides is 2. The van der Waals surface area contributed by atoms with Crippen LogP contribution in [0.25, 0.3) is 0 Å². The minimum absolute atomic E-state index is 0.00823. The third kappa shape index (κ3) is 5.68. The second-order valence-electron chi connectivity index (χ2n) is 5.87. The fourth-order valence-corrected chi connectivity index (χ4v) is 2.99. The molecule has 1 saturated heterocycles. The van der Waals surface area contributed by atoms with Gasteiger partial charge in [0, 0.05) is 25.9 Å². The smallest absolute Gasteiger partial charge is 0.270 e. The highest BCUT2D eigenvalue weighted by molar-refractivity contribution is 6.68. The van der Waals surface area contributed by atoms with Gasteiger partial charge in [-0.3, -0.25) is 9.59 Å². The van der Waals surface area contributed by atoms with Crippen molar-refractivity contribution in [3.05, 3.63) is 11.8 Å². The largest absolute Gasteiger partial charge is 0.396 e. The average molecular weight is 475 g/mol. The lowest BCUT2D eigenvalue weighted by Crippen LogP contribution is -2.57. The van der Waals surface area contributed by atoms with E-state index in [1.54, 1.807) is 6.92 Å². The number of aliphatic hydroxyl groups excluding tert-OH is 1. The van der Waals surface area contributed by atoms with E-state index in [0.717, 1.165) is 0 Å². The number of nitrogens with zero attached hydrogens (tertiary/aromatic N) is 2. The van der Waals surface area contributed by atoms with Crippen molar-refractivity contribution in [1.29, 1.82) is 0 Å². The maximum absolute atomic E-state index is 12.7. The van der Waals surface area contributed by atoms with Gasteiger partial charge in [-0.1, -0.05) is 76.5 Å². The summed E-state index contributed by atoms with van der Waals surface area (Å²) in [7, 11) is 2.90. The van der Waals surface area contributed by atoms with Crippen LogP contribution in [0.15, 0.2) is 11.8 Å². The molecule has 0 spiro atoms. The number of likely N-dealkylation sites (N-methyl/N-ethyl adjacent to an activating group) is 2. The summed E-state index contributed by atoms with van der Waals surface area (Å²) >= 11 is 34.9. The first-order valence-corrected chi connectivity index (χ1v) is 9.49. The van der Waals surface area contributed by atoms with Gasteiger partial charge in [0.25, 0.3) is 5.91 Å². The van der Waals surface area contributed by atoms with Crippen LogP contribution in [0.2, 0.25) is 0 Å². The molecule has 0 aromatic carbocycles. The number of hydrogen-bond donors (Lipinski definition) is 1. The number of carbonyl (C=O) groups is 2. The molecule has 3 atom stereocenters. The van der Waals surface area contributed by atoms with Crippen molar-refractivity contribution in [3.8, 4) is 0 Å². The molecular weight excluding hydrogens is 457 g/mol. The van der Waals surface area contributed by atoms with Gasteiger partial charge in [-0.15, -0.1) is 0 Å². The number of allylic oxidation sites excluding steroid dienone is 1. The van der Waals surface area contributed by atoms with Crippen LogP contribution in [-0.4, -0.2) is 61.0 Å². The van der Waals surface area contributed by atoms with E-state index in [2.05, 4.69) is 0 Å². The number of aliphatic hydroxyl groups is 1. The zero-order valence-corrected chi connectivity index (χ0v) is 18.2. The Balaban J connectivity index is 3.12. The molecule has 2 amide bonds. The summed E-state index contributed by atoms with van der Waals surface area (Å²) in [6.45, 7) is 1.17. The minimum atomic E-state index is -1.77. The standard InChI is InChI=1S/C14H18Cl6N2O3/c1-7(13(15,16)17)4-9-11(24)22(3)10(12(25)21(9)2)5-8(6-23)14(18,19)20/h4,7-8,10,23H,5-6H2,1-3H3/b9-4+/t7-,8+,10?/m0/s1. The predicted octanol–water partition coefficient (Wildman–Crippen LogP) is 3.54. The lowest BCUT2D eigenvalue weighted by Gasteiger charge is -2.40. The summed E-state index contributed by atoms with van der Waals surface area (Å²) < 4.78 is -3.39. The SMILES string of the molecule is C[C@@H](/C=C1\C(=O)N(C)C(C[C@H](CO)C(Cl)(Cl)Cl)C(=O)N1C)C(Cl)(Cl)Cl. The molecule has 11 heteroatoms. The molecule has 0 aromatic rings. The molecule has 0 aromatic heterocycles. The molecule has 1 unspecified atom stereocenters. The first-order valence-electron chi connectivity index (χ1n) is 7.22. The molecule has 0 bridgehead atoms. The average Bonchev–Trinajstić information content (AvgIpc) is 2.47. The Kier molecular flexibility index (Phi) is 8.05. The third-order valence-electron chi connectivity index (χ3n) is 4.10. The zero-order chi connectivity index (χ0) is 19.7. The Morgan fingerprint density at radius 3 is 2.04 bits per heavy atom. The molecule has 1 rings (SSSR count). The van der Waals surface area contributed by atoms with E-state index in [9.17, 15) is 14.7 Å². The number of alkyl halides is 6. The monoisotopic (exact) mass is 472 g/mol. The van der Waals surface area contributed by atoms with Crippen LogP contribution in [-0.2, 0) is 9.59 Å². The number of rotatable bonds is 4. The van der Waals surface area contributed by atoms with Gasteiger partial charge in [0.15, 0.2) is 7.59 Å². The van der Waals surface area contributed by atoms with E-state index in [1.165, 1.54) is 30.0 Å². The highest BCUT2D eigenvalue weighted by Crippen LogP contribution is 2.40. The lowest BCUT2D eigenvalue weighted by atomic mass is 9.96. The Morgan fingerprint density at radius 2 is 1.64 bits per heavy atom. The Hall–Kier alpha value is 0.380. The van der Waals surface area contributed by atoms with Crippen molar-refractivity contribution < 1.29 is 14.7 Å². The summed E-state index contributed by atoms with van der Waals surface area (Å²) in [4.78, 5) is 27.8. The van der Waals surface area contributed by atoms with Crippen LogP contribution in [0.1, 0.15) is 13.3 Å². The maximum atomic E-state index is 12.7. The van der Waals surface area contributed by atoms with Crippen molar-refractivity contribution in [1.82, 2.24) is 9.80 Å². The van der Waals surface area contributed by atoms with Gasteiger partial charge >= 0.3 is 0 Å². The first kappa shape index (κ1) is 23.4. The van der Waals surface area contributed by atoms with Crippen molar-refractivity contribution in [2.75, 3.05) is 20.7 Å². The third-order valence-corrected chi connectivity index (χ3v) is 6.06. The van der Waals surface area contributed by atoms with Crippen molar-refractivity contribution in [2.24, 2.45) is 11.8 Å². The summed E-state index contributed by atoms with van der Waals surface area (Å²) in [5.41, 5.74) is 0.0945. The topological polar surface area (TPSA) is 60.9 Å². The maximum Gasteiger partial charge on any atom is 0.270 e. The van der Waals surface area contributed by atoms with Gasteiger partial charge < -0.3 is 14.9 Å². The van der Waals surface area contributed by atoms with E-state index in [-0.39, 0.29) is 12.1 Å². The number of piperazine rings is 1. The van der Waals surface area contributed by atoms with Gasteiger partial charge in [-0.2, -0.15) is 0 Å². The van der Waals surface area contributed by atoms with Gasteiger partial charge in [0.2, 0.25) is 5.91 Å². The fraction of sp³-hybridized carbons (Fsp3) is 0.714. The van der Waals surface area contributed by atoms with Crippen LogP contribution < -0.4 is 0 Å². The zero-order valence-electron chi connectivity index (χ0n) is 13.6. The quantitative estimate of drug-likeness (QED) is 0.500. The van der Waals surface area contributed by atoms with Gasteiger partial charge in [-0.05, 0) is 12.5 Å². The second-order valence-corrected chi connectivity index (χ2v) is 10.6. The summed E-state index contributed by atoms with van der Waals surface area (Å²) in [6, 6.07) is -0.884. The fourth-order valence-electron chi connectivity index (χ4n) is 2.33. The molecular formula is C14H18Cl6N2O3. The Bertz CT molecular complexity index is 558. The minimum Gasteiger partial charge on any atom is -0.396 e. The second kappa shape index (κ2) is 8.59. The van der Waals surface area contributed by atoms with E-state index in [1.807, 2.05) is 0 Å². The first-order chi connectivity index (χ1) is 11.2. The van der Waals surface area contributed by atoms with E-state index < -0.39 is 43.9 Å². The summed E-state index contributed by atoms with van der Waals surface area (Å²) in [5.74, 6) is -2.25. The van der Waals surface area contributed by atoms with Crippen molar-refractivity contribution in [2.45, 2.75) is 27.0 Å². The molecule has 1 N–H and O–H groups in total. The summed E-state index contributed by atoms with van der Waals surface area (Å²) in [5, 5.41) is 9.42. The van der Waals surface area contributed by atoms with Gasteiger partial charge in [-0.25, -0.2) is 0 Å². The van der Waals surface area contributed by atoms with E-state index >= 15 is 0 Å². The highest BCUT2D eigenvalue weighted by atomic mass is 35.6. The Labute approximate surface area is 176 Å².